The topological polar surface area (TPSA) is 60.2 Å². The average Bonchev–Trinajstić information content (AvgIpc) is 2.48. The Morgan fingerprint density at radius 2 is 2.23 bits per heavy atom. The molecule has 0 aromatic carbocycles. The molecular formula is C8H8N4O. The summed E-state index contributed by atoms with van der Waals surface area (Å²) in [4.78, 5) is 11.1. The molecule has 2 aromatic rings. The molecule has 0 amide bonds. The van der Waals surface area contributed by atoms with E-state index in [1.807, 2.05) is 13.0 Å². The Morgan fingerprint density at radius 1 is 1.46 bits per heavy atom. The van der Waals surface area contributed by atoms with Gasteiger partial charge in [-0.05, 0) is 18.6 Å². The lowest BCUT2D eigenvalue weighted by Crippen LogP contribution is -2.03. The van der Waals surface area contributed by atoms with Gasteiger partial charge in [-0.25, -0.2) is 0 Å². The van der Waals surface area contributed by atoms with Gasteiger partial charge in [-0.3, -0.25) is 4.79 Å². The molecule has 0 saturated carbocycles. The lowest BCUT2D eigenvalue weighted by Gasteiger charge is -1.95. The first kappa shape index (κ1) is 7.85. The van der Waals surface area contributed by atoms with E-state index in [9.17, 15) is 4.79 Å². The molecule has 0 fully saturated rings. The van der Waals surface area contributed by atoms with Gasteiger partial charge in [0, 0.05) is 13.1 Å². The van der Waals surface area contributed by atoms with Crippen LogP contribution in [-0.2, 0) is 0 Å². The van der Waals surface area contributed by atoms with Crippen LogP contribution in [0.2, 0.25) is 0 Å². The van der Waals surface area contributed by atoms with Crippen molar-refractivity contribution in [2.45, 2.75) is 13.8 Å². The van der Waals surface area contributed by atoms with Crippen molar-refractivity contribution in [3.63, 3.8) is 0 Å². The minimum Gasteiger partial charge on any atom is -0.291 e. The Bertz CT molecular complexity index is 474. The summed E-state index contributed by atoms with van der Waals surface area (Å²) >= 11 is 0. The van der Waals surface area contributed by atoms with Gasteiger partial charge in [-0.2, -0.15) is 9.61 Å². The Morgan fingerprint density at radius 3 is 2.92 bits per heavy atom. The van der Waals surface area contributed by atoms with Gasteiger partial charge < -0.3 is 0 Å². The summed E-state index contributed by atoms with van der Waals surface area (Å²) in [5.41, 5.74) is 1.59. The number of aromatic nitrogens is 4. The standard InChI is InChI=1S/C8H8N4O/c1-5-3-4-9-12-7(5)10-11-8(12)6(2)13/h3-4H,1-2H3. The number of aryl methyl sites for hydroxylation is 1. The van der Waals surface area contributed by atoms with E-state index < -0.39 is 0 Å². The zero-order valence-corrected chi connectivity index (χ0v) is 7.35. The monoisotopic (exact) mass is 176 g/mol. The van der Waals surface area contributed by atoms with Crippen molar-refractivity contribution in [2.75, 3.05) is 0 Å². The third-order valence-electron chi connectivity index (χ3n) is 1.81. The fourth-order valence-corrected chi connectivity index (χ4v) is 1.14. The molecule has 2 heterocycles. The number of ketones is 1. The number of rotatable bonds is 1. The van der Waals surface area contributed by atoms with E-state index in [0.717, 1.165) is 5.56 Å². The van der Waals surface area contributed by atoms with Crippen LogP contribution < -0.4 is 0 Å². The number of carbonyl (C=O) groups excluding carboxylic acids is 1. The van der Waals surface area contributed by atoms with Crippen LogP contribution in [0.3, 0.4) is 0 Å². The molecule has 0 aliphatic carbocycles. The van der Waals surface area contributed by atoms with Gasteiger partial charge in [-0.1, -0.05) is 0 Å². The number of Topliss-reactive ketones (excluding diaryl/α,β-unsaturated/α-hetero) is 1. The molecule has 5 heteroatoms. The summed E-state index contributed by atoms with van der Waals surface area (Å²) in [6, 6.07) is 1.83. The quantitative estimate of drug-likeness (QED) is 0.598. The second-order valence-electron chi connectivity index (χ2n) is 2.83. The van der Waals surface area contributed by atoms with Crippen LogP contribution in [0.25, 0.3) is 5.65 Å². The molecule has 13 heavy (non-hydrogen) atoms. The molecule has 0 atom stereocenters. The molecule has 0 radical (unpaired) electrons. The second kappa shape index (κ2) is 2.62. The third-order valence-corrected chi connectivity index (χ3v) is 1.81. The molecule has 66 valence electrons. The van der Waals surface area contributed by atoms with Gasteiger partial charge in [0.05, 0.1) is 0 Å². The molecule has 0 spiro atoms. The molecule has 0 N–H and O–H groups in total. The Kier molecular flexibility index (Phi) is 1.58. The van der Waals surface area contributed by atoms with Gasteiger partial charge >= 0.3 is 0 Å². The number of hydrogen-bond acceptors (Lipinski definition) is 4. The molecular weight excluding hydrogens is 168 g/mol. The summed E-state index contributed by atoms with van der Waals surface area (Å²) in [6.07, 6.45) is 1.62. The van der Waals surface area contributed by atoms with E-state index in [-0.39, 0.29) is 11.6 Å². The second-order valence-corrected chi connectivity index (χ2v) is 2.83. The van der Waals surface area contributed by atoms with Crippen LogP contribution in [0.15, 0.2) is 12.3 Å². The van der Waals surface area contributed by atoms with Gasteiger partial charge in [0.2, 0.25) is 5.82 Å². The molecule has 0 bridgehead atoms. The highest BCUT2D eigenvalue weighted by Gasteiger charge is 2.11. The molecule has 2 rings (SSSR count). The zero-order chi connectivity index (χ0) is 9.42. The van der Waals surface area contributed by atoms with E-state index in [4.69, 9.17) is 0 Å². The maximum Gasteiger partial charge on any atom is 0.220 e. The van der Waals surface area contributed by atoms with Crippen molar-refractivity contribution < 1.29 is 4.79 Å². The fraction of sp³-hybridized carbons (Fsp3) is 0.250. The van der Waals surface area contributed by atoms with Crippen LogP contribution in [0, 0.1) is 6.92 Å². The van der Waals surface area contributed by atoms with Gasteiger partial charge in [0.15, 0.2) is 11.4 Å². The minimum atomic E-state index is -0.134. The van der Waals surface area contributed by atoms with Crippen molar-refractivity contribution in [3.8, 4) is 0 Å². The highest BCUT2D eigenvalue weighted by molar-refractivity contribution is 5.91. The van der Waals surface area contributed by atoms with Crippen molar-refractivity contribution in [1.29, 1.82) is 0 Å². The van der Waals surface area contributed by atoms with Crippen LogP contribution in [-0.4, -0.2) is 25.6 Å². The molecule has 0 saturated heterocycles. The van der Waals surface area contributed by atoms with E-state index in [1.54, 1.807) is 6.20 Å². The SMILES string of the molecule is CC(=O)c1nnc2c(C)ccnn12. The van der Waals surface area contributed by atoms with Crippen molar-refractivity contribution in [2.24, 2.45) is 0 Å². The predicted octanol–water partition coefficient (Wildman–Crippen LogP) is 0.635. The average molecular weight is 176 g/mol. The smallest absolute Gasteiger partial charge is 0.220 e. The molecule has 0 aliphatic heterocycles. The third kappa shape index (κ3) is 1.09. The highest BCUT2D eigenvalue weighted by Crippen LogP contribution is 2.06. The Labute approximate surface area is 74.4 Å². The lowest BCUT2D eigenvalue weighted by atomic mass is 10.3. The van der Waals surface area contributed by atoms with E-state index in [0.29, 0.717) is 5.65 Å². The number of carbonyl (C=O) groups is 1. The highest BCUT2D eigenvalue weighted by atomic mass is 16.1. The lowest BCUT2D eigenvalue weighted by molar-refractivity contribution is 0.100. The first-order valence-electron chi connectivity index (χ1n) is 3.88. The van der Waals surface area contributed by atoms with Crippen molar-refractivity contribution in [1.82, 2.24) is 19.8 Å². The van der Waals surface area contributed by atoms with E-state index in [1.165, 1.54) is 11.4 Å². The zero-order valence-electron chi connectivity index (χ0n) is 7.35. The van der Waals surface area contributed by atoms with Gasteiger partial charge in [0.1, 0.15) is 0 Å². The van der Waals surface area contributed by atoms with Crippen LogP contribution >= 0.6 is 0 Å². The summed E-state index contributed by atoms with van der Waals surface area (Å²) in [5.74, 6) is 0.143. The summed E-state index contributed by atoms with van der Waals surface area (Å²) in [5, 5.41) is 11.6. The summed E-state index contributed by atoms with van der Waals surface area (Å²) in [7, 11) is 0. The Hall–Kier alpha value is -1.78. The van der Waals surface area contributed by atoms with Gasteiger partial charge in [0.25, 0.3) is 0 Å². The maximum atomic E-state index is 11.1. The minimum absolute atomic E-state index is 0.134. The fourth-order valence-electron chi connectivity index (χ4n) is 1.14. The summed E-state index contributed by atoms with van der Waals surface area (Å²) in [6.45, 7) is 3.34. The van der Waals surface area contributed by atoms with Crippen LogP contribution in [0.4, 0.5) is 0 Å². The number of fused-ring (bicyclic) bond motifs is 1. The maximum absolute atomic E-state index is 11.1. The normalized spacial score (nSPS) is 10.6. The largest absolute Gasteiger partial charge is 0.291 e. The van der Waals surface area contributed by atoms with Crippen LogP contribution in [0.1, 0.15) is 23.1 Å². The number of hydrogen-bond donors (Lipinski definition) is 0. The van der Waals surface area contributed by atoms with E-state index in [2.05, 4.69) is 15.3 Å². The molecule has 0 unspecified atom stereocenters. The first-order valence-corrected chi connectivity index (χ1v) is 3.88. The van der Waals surface area contributed by atoms with Crippen molar-refractivity contribution >= 4 is 11.4 Å². The van der Waals surface area contributed by atoms with Crippen molar-refractivity contribution in [3.05, 3.63) is 23.7 Å². The molecule has 2 aromatic heterocycles. The van der Waals surface area contributed by atoms with E-state index >= 15 is 0 Å². The predicted molar refractivity (Wildman–Crippen MR) is 45.5 cm³/mol. The molecule has 5 nitrogen and oxygen atoms in total. The number of nitrogens with zero attached hydrogens (tertiary/aromatic N) is 4. The Balaban J connectivity index is 2.83. The van der Waals surface area contributed by atoms with Crippen LogP contribution in [0.5, 0.6) is 0 Å². The van der Waals surface area contributed by atoms with Gasteiger partial charge in [-0.15, -0.1) is 10.2 Å². The molecule has 0 aliphatic rings. The summed E-state index contributed by atoms with van der Waals surface area (Å²) < 4.78 is 1.46. The first-order chi connectivity index (χ1) is 6.20.